The minimum Gasteiger partial charge on any atom is -0.469 e. The Morgan fingerprint density at radius 3 is 2.50 bits per heavy atom. The smallest absolute Gasteiger partial charge is 0.469 e. The summed E-state index contributed by atoms with van der Waals surface area (Å²) >= 11 is 0. The van der Waals surface area contributed by atoms with Crippen LogP contribution in [0.2, 0.25) is 0 Å². The standard InChI is InChI=1S/C22H30O6/c1-5-13-7-9-14-16-10-12(2)6-8-15(16)21(28-22(25)27-4)20(14)19(13)17(23)11-18(24)26-3/h5,7,9,12-16,19-21H,1,6,8,10-11H2,2-4H3/t12-,13+,14+,15-,16+,19-,20+,21+/m1/s1. The first kappa shape index (κ1) is 20.6. The highest BCUT2D eigenvalue weighted by Gasteiger charge is 2.58. The minimum absolute atomic E-state index is 0.144. The third-order valence-corrected chi connectivity index (χ3v) is 6.93. The van der Waals surface area contributed by atoms with Crippen LogP contribution in [0, 0.1) is 41.4 Å². The van der Waals surface area contributed by atoms with Gasteiger partial charge in [-0.2, -0.15) is 0 Å². The van der Waals surface area contributed by atoms with E-state index in [0.717, 1.165) is 19.3 Å². The van der Waals surface area contributed by atoms with Crippen LogP contribution in [-0.2, 0) is 23.8 Å². The maximum atomic E-state index is 13.1. The third-order valence-electron chi connectivity index (χ3n) is 6.93. The van der Waals surface area contributed by atoms with Gasteiger partial charge in [-0.3, -0.25) is 9.59 Å². The molecule has 2 saturated carbocycles. The van der Waals surface area contributed by atoms with Gasteiger partial charge in [0, 0.05) is 17.8 Å². The molecule has 0 spiro atoms. The van der Waals surface area contributed by atoms with Crippen LogP contribution in [0.5, 0.6) is 0 Å². The van der Waals surface area contributed by atoms with Gasteiger partial charge in [0.05, 0.1) is 14.2 Å². The molecule has 6 nitrogen and oxygen atoms in total. The van der Waals surface area contributed by atoms with E-state index in [1.54, 1.807) is 6.08 Å². The number of hydrogen-bond acceptors (Lipinski definition) is 6. The molecule has 3 rings (SSSR count). The predicted octanol–water partition coefficient (Wildman–Crippen LogP) is 3.56. The summed E-state index contributed by atoms with van der Waals surface area (Å²) in [5.41, 5.74) is 0. The van der Waals surface area contributed by atoms with Crippen molar-refractivity contribution in [1.82, 2.24) is 0 Å². The number of ether oxygens (including phenoxy) is 3. The molecule has 0 unspecified atom stereocenters. The van der Waals surface area contributed by atoms with E-state index in [-0.39, 0.29) is 35.9 Å². The van der Waals surface area contributed by atoms with E-state index in [2.05, 4.69) is 19.6 Å². The highest BCUT2D eigenvalue weighted by atomic mass is 16.7. The summed E-state index contributed by atoms with van der Waals surface area (Å²) < 4.78 is 15.2. The average Bonchev–Trinajstić information content (AvgIpc) is 2.99. The molecule has 3 aliphatic rings. The summed E-state index contributed by atoms with van der Waals surface area (Å²) in [6, 6.07) is 0. The van der Waals surface area contributed by atoms with Crippen LogP contribution >= 0.6 is 0 Å². The van der Waals surface area contributed by atoms with Crippen molar-refractivity contribution in [2.75, 3.05) is 14.2 Å². The van der Waals surface area contributed by atoms with E-state index in [1.807, 2.05) is 6.08 Å². The Balaban J connectivity index is 1.98. The minimum atomic E-state index is -0.716. The lowest BCUT2D eigenvalue weighted by Crippen LogP contribution is -2.42. The Morgan fingerprint density at radius 1 is 1.11 bits per heavy atom. The molecule has 28 heavy (non-hydrogen) atoms. The molecule has 3 aliphatic carbocycles. The van der Waals surface area contributed by atoms with Crippen molar-refractivity contribution >= 4 is 17.9 Å². The monoisotopic (exact) mass is 390 g/mol. The number of ketones is 1. The molecule has 0 N–H and O–H groups in total. The third kappa shape index (κ3) is 3.74. The van der Waals surface area contributed by atoms with Gasteiger partial charge in [0.15, 0.2) is 0 Å². The summed E-state index contributed by atoms with van der Waals surface area (Å²) in [7, 11) is 2.57. The van der Waals surface area contributed by atoms with Crippen molar-refractivity contribution in [1.29, 1.82) is 0 Å². The fourth-order valence-electron chi connectivity index (χ4n) is 5.75. The molecule has 0 aliphatic heterocycles. The van der Waals surface area contributed by atoms with Crippen LogP contribution in [0.25, 0.3) is 0 Å². The molecule has 0 amide bonds. The normalized spacial score (nSPS) is 38.7. The number of Topliss-reactive ketones (excluding diaryl/α,β-unsaturated/α-hetero) is 1. The zero-order valence-electron chi connectivity index (χ0n) is 16.8. The van der Waals surface area contributed by atoms with Crippen molar-refractivity contribution < 1.29 is 28.6 Å². The van der Waals surface area contributed by atoms with Crippen LogP contribution in [0.4, 0.5) is 4.79 Å². The van der Waals surface area contributed by atoms with Crippen molar-refractivity contribution in [2.45, 2.75) is 38.7 Å². The van der Waals surface area contributed by atoms with Crippen LogP contribution in [0.1, 0.15) is 32.6 Å². The van der Waals surface area contributed by atoms with E-state index in [4.69, 9.17) is 14.2 Å². The highest BCUT2D eigenvalue weighted by Crippen LogP contribution is 2.57. The molecule has 0 bridgehead atoms. The molecule has 6 heteroatoms. The Kier molecular flexibility index (Phi) is 6.26. The first-order valence-electron chi connectivity index (χ1n) is 10.1. The summed E-state index contributed by atoms with van der Waals surface area (Å²) in [6.45, 7) is 6.13. The summed E-state index contributed by atoms with van der Waals surface area (Å²) in [6.07, 6.45) is 7.66. The van der Waals surface area contributed by atoms with E-state index in [1.165, 1.54) is 14.2 Å². The fraction of sp³-hybridized carbons (Fsp3) is 0.682. The maximum Gasteiger partial charge on any atom is 0.508 e. The van der Waals surface area contributed by atoms with Gasteiger partial charge in [-0.15, -0.1) is 6.58 Å². The first-order valence-corrected chi connectivity index (χ1v) is 10.1. The number of esters is 1. The zero-order chi connectivity index (χ0) is 20.4. The molecule has 0 heterocycles. The molecule has 2 fully saturated rings. The SMILES string of the molecule is C=C[C@H]1C=C[C@H]2[C@@H]3C[C@H](C)CC[C@H]3[C@H](OC(=O)OC)[C@@H]2[C@H]1C(=O)CC(=O)OC. The molecule has 8 atom stereocenters. The Morgan fingerprint density at radius 2 is 1.86 bits per heavy atom. The Labute approximate surface area is 166 Å². The fourth-order valence-corrected chi connectivity index (χ4v) is 5.75. The topological polar surface area (TPSA) is 78.9 Å². The van der Waals surface area contributed by atoms with Gasteiger partial charge in [0.25, 0.3) is 0 Å². The van der Waals surface area contributed by atoms with Crippen LogP contribution < -0.4 is 0 Å². The predicted molar refractivity (Wildman–Crippen MR) is 102 cm³/mol. The first-order chi connectivity index (χ1) is 13.4. The number of fused-ring (bicyclic) bond motifs is 3. The molecule has 0 saturated heterocycles. The number of allylic oxidation sites excluding steroid dienone is 3. The molecule has 0 aromatic carbocycles. The Hall–Kier alpha value is -2.11. The van der Waals surface area contributed by atoms with Crippen molar-refractivity contribution in [3.63, 3.8) is 0 Å². The van der Waals surface area contributed by atoms with E-state index in [9.17, 15) is 14.4 Å². The quantitative estimate of drug-likeness (QED) is 0.406. The van der Waals surface area contributed by atoms with Gasteiger partial charge in [-0.05, 0) is 36.5 Å². The van der Waals surface area contributed by atoms with Gasteiger partial charge in [-0.25, -0.2) is 4.79 Å². The summed E-state index contributed by atoms with van der Waals surface area (Å²) in [4.78, 5) is 36.8. The van der Waals surface area contributed by atoms with Crippen LogP contribution in [-0.4, -0.2) is 38.2 Å². The average molecular weight is 390 g/mol. The number of carbonyl (C=O) groups excluding carboxylic acids is 3. The number of carbonyl (C=O) groups is 3. The lowest BCUT2D eigenvalue weighted by atomic mass is 9.66. The zero-order valence-corrected chi connectivity index (χ0v) is 16.8. The second kappa shape index (κ2) is 8.50. The van der Waals surface area contributed by atoms with E-state index >= 15 is 0 Å². The van der Waals surface area contributed by atoms with Gasteiger partial charge >= 0.3 is 12.1 Å². The van der Waals surface area contributed by atoms with Crippen LogP contribution in [0.15, 0.2) is 24.8 Å². The number of hydrogen-bond donors (Lipinski definition) is 0. The highest BCUT2D eigenvalue weighted by molar-refractivity contribution is 5.97. The maximum absolute atomic E-state index is 13.1. The molecule has 154 valence electrons. The molecule has 0 radical (unpaired) electrons. The van der Waals surface area contributed by atoms with Gasteiger partial charge in [0.1, 0.15) is 18.3 Å². The van der Waals surface area contributed by atoms with E-state index < -0.39 is 24.1 Å². The second-order valence-corrected chi connectivity index (χ2v) is 8.38. The van der Waals surface area contributed by atoms with Crippen molar-refractivity contribution in [2.24, 2.45) is 41.4 Å². The second-order valence-electron chi connectivity index (χ2n) is 8.38. The number of methoxy groups -OCH3 is 2. The Bertz CT molecular complexity index is 668. The summed E-state index contributed by atoms with van der Waals surface area (Å²) in [5, 5.41) is 0. The van der Waals surface area contributed by atoms with Crippen molar-refractivity contribution in [3.05, 3.63) is 24.8 Å². The lowest BCUT2D eigenvalue weighted by Gasteiger charge is -2.37. The lowest BCUT2D eigenvalue weighted by molar-refractivity contribution is -0.145. The molecule has 0 aromatic rings. The van der Waals surface area contributed by atoms with Crippen LogP contribution in [0.3, 0.4) is 0 Å². The largest absolute Gasteiger partial charge is 0.508 e. The van der Waals surface area contributed by atoms with E-state index in [0.29, 0.717) is 11.8 Å². The number of rotatable bonds is 5. The van der Waals surface area contributed by atoms with Crippen molar-refractivity contribution in [3.8, 4) is 0 Å². The summed E-state index contributed by atoms with van der Waals surface area (Å²) in [5.74, 6) is -0.245. The van der Waals surface area contributed by atoms with Gasteiger partial charge in [-0.1, -0.05) is 31.6 Å². The molecular weight excluding hydrogens is 360 g/mol. The molecule has 0 aromatic heterocycles. The molecular formula is C22H30O6. The van der Waals surface area contributed by atoms with Gasteiger partial charge in [0.2, 0.25) is 0 Å². The van der Waals surface area contributed by atoms with Gasteiger partial charge < -0.3 is 14.2 Å².